The summed E-state index contributed by atoms with van der Waals surface area (Å²) in [6, 6.07) is 8.64. The first-order valence-corrected chi connectivity index (χ1v) is 7.63. The van der Waals surface area contributed by atoms with E-state index in [1.807, 2.05) is 36.2 Å². The Hall–Kier alpha value is -1.52. The molecule has 1 aromatic heterocycles. The number of hydrogen-bond acceptors (Lipinski definition) is 4. The summed E-state index contributed by atoms with van der Waals surface area (Å²) in [6.07, 6.45) is 2.82. The van der Waals surface area contributed by atoms with Crippen LogP contribution in [0.1, 0.15) is 37.6 Å². The van der Waals surface area contributed by atoms with E-state index in [2.05, 4.69) is 24.1 Å². The Kier molecular flexibility index (Phi) is 5.65. The van der Waals surface area contributed by atoms with Crippen LogP contribution in [0.2, 0.25) is 5.02 Å². The molecule has 2 rings (SSSR count). The fraction of sp³-hybridized carbons (Fsp3) is 0.438. The average Bonchev–Trinajstić information content (AvgIpc) is 2.96. The molecule has 0 saturated carbocycles. The molecule has 2 aromatic rings. The highest BCUT2D eigenvalue weighted by atomic mass is 35.5. The zero-order chi connectivity index (χ0) is 15.2. The largest absolute Gasteiger partial charge is 0.432 e. The second-order valence-corrected chi connectivity index (χ2v) is 5.57. The smallest absolute Gasteiger partial charge is 0.297 e. The first-order valence-electron chi connectivity index (χ1n) is 7.25. The average molecular weight is 308 g/mol. The predicted octanol–water partition coefficient (Wildman–Crippen LogP) is 4.03. The molecule has 1 atom stereocenters. The summed E-state index contributed by atoms with van der Waals surface area (Å²) in [5.74, 6) is 0. The third kappa shape index (κ3) is 4.22. The van der Waals surface area contributed by atoms with Crippen LogP contribution in [0.3, 0.4) is 0 Å². The number of nitrogens with zero attached hydrogens (tertiary/aromatic N) is 2. The van der Waals surface area contributed by atoms with Gasteiger partial charge in [-0.2, -0.15) is 4.98 Å². The van der Waals surface area contributed by atoms with E-state index in [0.29, 0.717) is 6.01 Å². The normalized spacial score (nSPS) is 12.4. The fourth-order valence-electron chi connectivity index (χ4n) is 2.06. The second-order valence-electron chi connectivity index (χ2n) is 5.14. The lowest BCUT2D eigenvalue weighted by atomic mass is 10.1. The molecule has 1 aromatic carbocycles. The van der Waals surface area contributed by atoms with Gasteiger partial charge in [0.2, 0.25) is 0 Å². The highest BCUT2D eigenvalue weighted by molar-refractivity contribution is 6.30. The summed E-state index contributed by atoms with van der Waals surface area (Å²) in [4.78, 5) is 6.54. The molecule has 0 aliphatic carbocycles. The lowest BCUT2D eigenvalue weighted by Gasteiger charge is -2.23. The number of hydrogen-bond donors (Lipinski definition) is 1. The Labute approximate surface area is 131 Å². The van der Waals surface area contributed by atoms with Gasteiger partial charge in [-0.15, -0.1) is 0 Å². The van der Waals surface area contributed by atoms with Crippen LogP contribution >= 0.6 is 11.6 Å². The minimum atomic E-state index is 0.164. The van der Waals surface area contributed by atoms with Crippen molar-refractivity contribution in [1.29, 1.82) is 0 Å². The predicted molar refractivity (Wildman–Crippen MR) is 86.8 cm³/mol. The quantitative estimate of drug-likeness (QED) is 0.784. The van der Waals surface area contributed by atoms with Gasteiger partial charge in [0.25, 0.3) is 6.01 Å². The summed E-state index contributed by atoms with van der Waals surface area (Å²) >= 11 is 5.93. The van der Waals surface area contributed by atoms with Crippen LogP contribution in [-0.2, 0) is 6.54 Å². The fourth-order valence-corrected chi connectivity index (χ4v) is 2.19. The zero-order valence-electron chi connectivity index (χ0n) is 12.8. The lowest BCUT2D eigenvalue weighted by molar-refractivity contribution is 0.525. The van der Waals surface area contributed by atoms with E-state index in [4.69, 9.17) is 16.0 Å². The van der Waals surface area contributed by atoms with Crippen molar-refractivity contribution in [2.45, 2.75) is 32.9 Å². The van der Waals surface area contributed by atoms with Gasteiger partial charge in [-0.3, -0.25) is 0 Å². The van der Waals surface area contributed by atoms with Gasteiger partial charge < -0.3 is 14.6 Å². The summed E-state index contributed by atoms with van der Waals surface area (Å²) in [5.41, 5.74) is 2.10. The molecule has 0 aliphatic heterocycles. The number of nitrogens with one attached hydrogen (secondary N) is 1. The van der Waals surface area contributed by atoms with Gasteiger partial charge in [-0.1, -0.05) is 30.7 Å². The molecule has 114 valence electrons. The molecular weight excluding hydrogens is 286 g/mol. The maximum Gasteiger partial charge on any atom is 0.297 e. The molecule has 0 aliphatic rings. The molecule has 0 fully saturated rings. The maximum atomic E-state index is 5.93. The van der Waals surface area contributed by atoms with Gasteiger partial charge in [0.05, 0.1) is 11.7 Å². The summed E-state index contributed by atoms with van der Waals surface area (Å²) in [5, 5.41) is 4.06. The Morgan fingerprint density at radius 1 is 1.33 bits per heavy atom. The second kappa shape index (κ2) is 7.48. The first kappa shape index (κ1) is 15.9. The number of halogens is 1. The minimum Gasteiger partial charge on any atom is -0.432 e. The van der Waals surface area contributed by atoms with E-state index in [9.17, 15) is 0 Å². The van der Waals surface area contributed by atoms with Crippen LogP contribution in [0.25, 0.3) is 0 Å². The van der Waals surface area contributed by atoms with Crippen LogP contribution in [-0.4, -0.2) is 18.6 Å². The molecule has 1 heterocycles. The van der Waals surface area contributed by atoms with Crippen molar-refractivity contribution in [3.05, 3.63) is 46.8 Å². The first-order chi connectivity index (χ1) is 10.1. The number of rotatable bonds is 7. The Balaban J connectivity index is 2.01. The van der Waals surface area contributed by atoms with Crippen LogP contribution in [0.4, 0.5) is 6.01 Å². The van der Waals surface area contributed by atoms with Crippen molar-refractivity contribution in [1.82, 2.24) is 10.3 Å². The number of aromatic nitrogens is 1. The summed E-state index contributed by atoms with van der Waals surface area (Å²) in [7, 11) is 1.98. The highest BCUT2D eigenvalue weighted by Crippen LogP contribution is 2.25. The molecule has 0 amide bonds. The van der Waals surface area contributed by atoms with E-state index in [1.165, 1.54) is 5.56 Å². The van der Waals surface area contributed by atoms with Crippen molar-refractivity contribution in [2.24, 2.45) is 0 Å². The highest BCUT2D eigenvalue weighted by Gasteiger charge is 2.16. The van der Waals surface area contributed by atoms with Crippen molar-refractivity contribution in [3.8, 4) is 0 Å². The van der Waals surface area contributed by atoms with Crippen molar-refractivity contribution >= 4 is 17.6 Å². The van der Waals surface area contributed by atoms with Crippen LogP contribution < -0.4 is 10.2 Å². The minimum absolute atomic E-state index is 0.164. The standard InChI is InChI=1S/C16H22ClN3O/c1-4-9-18-10-15-11-21-16(19-15)20(3)12(2)13-5-7-14(17)8-6-13/h5-8,11-12,18H,4,9-10H2,1-3H3. The number of benzene rings is 1. The van der Waals surface area contributed by atoms with Gasteiger partial charge in [-0.25, -0.2) is 0 Å². The van der Waals surface area contributed by atoms with Gasteiger partial charge in [0, 0.05) is 18.6 Å². The Morgan fingerprint density at radius 3 is 2.71 bits per heavy atom. The third-order valence-electron chi connectivity index (χ3n) is 3.51. The van der Waals surface area contributed by atoms with Crippen molar-refractivity contribution in [2.75, 3.05) is 18.5 Å². The summed E-state index contributed by atoms with van der Waals surface area (Å²) < 4.78 is 5.57. The van der Waals surface area contributed by atoms with Crippen LogP contribution in [0, 0.1) is 0 Å². The van der Waals surface area contributed by atoms with Gasteiger partial charge in [0.1, 0.15) is 6.26 Å². The summed E-state index contributed by atoms with van der Waals surface area (Å²) in [6.45, 7) is 5.98. The molecule has 21 heavy (non-hydrogen) atoms. The van der Waals surface area contributed by atoms with E-state index in [1.54, 1.807) is 6.26 Å². The number of oxazole rings is 1. The van der Waals surface area contributed by atoms with Gasteiger partial charge in [-0.05, 0) is 37.6 Å². The topological polar surface area (TPSA) is 41.3 Å². The van der Waals surface area contributed by atoms with Crippen molar-refractivity contribution in [3.63, 3.8) is 0 Å². The zero-order valence-corrected chi connectivity index (χ0v) is 13.5. The lowest BCUT2D eigenvalue weighted by Crippen LogP contribution is -2.22. The monoisotopic (exact) mass is 307 g/mol. The molecule has 1 unspecified atom stereocenters. The van der Waals surface area contributed by atoms with Gasteiger partial charge in [0.15, 0.2) is 0 Å². The van der Waals surface area contributed by atoms with E-state index in [0.717, 1.165) is 30.2 Å². The van der Waals surface area contributed by atoms with E-state index < -0.39 is 0 Å². The molecule has 0 saturated heterocycles. The molecular formula is C16H22ClN3O. The van der Waals surface area contributed by atoms with E-state index in [-0.39, 0.29) is 6.04 Å². The molecule has 0 radical (unpaired) electrons. The van der Waals surface area contributed by atoms with Crippen molar-refractivity contribution < 1.29 is 4.42 Å². The molecule has 1 N–H and O–H groups in total. The SMILES string of the molecule is CCCNCc1coc(N(C)C(C)c2ccc(Cl)cc2)n1. The molecule has 5 heteroatoms. The van der Waals surface area contributed by atoms with Crippen LogP contribution in [0.5, 0.6) is 0 Å². The Bertz CT molecular complexity index is 553. The van der Waals surface area contributed by atoms with E-state index >= 15 is 0 Å². The molecule has 4 nitrogen and oxygen atoms in total. The third-order valence-corrected chi connectivity index (χ3v) is 3.76. The maximum absolute atomic E-state index is 5.93. The number of anilines is 1. The molecule has 0 spiro atoms. The molecule has 0 bridgehead atoms. The van der Waals surface area contributed by atoms with Gasteiger partial charge >= 0.3 is 0 Å². The Morgan fingerprint density at radius 2 is 2.05 bits per heavy atom. The van der Waals surface area contributed by atoms with Crippen LogP contribution in [0.15, 0.2) is 34.9 Å².